The van der Waals surface area contributed by atoms with Crippen molar-refractivity contribution in [1.82, 2.24) is 0 Å². The van der Waals surface area contributed by atoms with Gasteiger partial charge in [0.15, 0.2) is 0 Å². The van der Waals surface area contributed by atoms with Gasteiger partial charge in [-0.2, -0.15) is 0 Å². The van der Waals surface area contributed by atoms with Crippen molar-refractivity contribution >= 4 is 21.5 Å². The Hall–Kier alpha value is -3.38. The molecule has 134 valence electrons. The second-order valence-corrected chi connectivity index (χ2v) is 7.48. The summed E-state index contributed by atoms with van der Waals surface area (Å²) in [6, 6.07) is 35.1. The number of hydrogen-bond acceptors (Lipinski definition) is 0. The number of benzene rings is 5. The lowest BCUT2D eigenvalue weighted by Crippen LogP contribution is -1.90. The van der Waals surface area contributed by atoms with E-state index in [4.69, 9.17) is 0 Å². The maximum Gasteiger partial charge on any atom is -0.00697 e. The van der Waals surface area contributed by atoms with Gasteiger partial charge in [0, 0.05) is 0 Å². The molecular weight excluding hydrogens is 336 g/mol. The number of rotatable bonds is 2. The summed E-state index contributed by atoms with van der Waals surface area (Å²) in [6.45, 7) is 4.42. The van der Waals surface area contributed by atoms with Crippen LogP contribution < -0.4 is 0 Å². The maximum atomic E-state index is 2.27. The smallest absolute Gasteiger partial charge is 0.00697 e. The molecule has 0 heteroatoms. The number of hydrogen-bond donors (Lipinski definition) is 0. The summed E-state index contributed by atoms with van der Waals surface area (Å²) in [5.74, 6) is 0. The second-order valence-electron chi connectivity index (χ2n) is 7.48. The normalized spacial score (nSPS) is 11.2. The summed E-state index contributed by atoms with van der Waals surface area (Å²) in [6.07, 6.45) is 0. The van der Waals surface area contributed by atoms with Crippen LogP contribution in [0.15, 0.2) is 97.1 Å². The zero-order valence-corrected chi connectivity index (χ0v) is 16.2. The predicted molar refractivity (Wildman–Crippen MR) is 122 cm³/mol. The fourth-order valence-corrected chi connectivity index (χ4v) is 4.40. The largest absolute Gasteiger partial charge is 0.0620 e. The fourth-order valence-electron chi connectivity index (χ4n) is 4.40. The molecule has 0 radical (unpaired) electrons. The highest BCUT2D eigenvalue weighted by Gasteiger charge is 2.13. The highest BCUT2D eigenvalue weighted by molar-refractivity contribution is 6.15. The van der Waals surface area contributed by atoms with Crippen molar-refractivity contribution in [2.24, 2.45) is 0 Å². The van der Waals surface area contributed by atoms with Crippen molar-refractivity contribution < 1.29 is 0 Å². The van der Waals surface area contributed by atoms with E-state index in [0.29, 0.717) is 0 Å². The Bertz CT molecular complexity index is 1310. The molecule has 0 nitrogen and oxygen atoms in total. The molecule has 0 aliphatic heterocycles. The first-order valence-electron chi connectivity index (χ1n) is 9.80. The molecule has 5 aromatic rings. The summed E-state index contributed by atoms with van der Waals surface area (Å²) in [7, 11) is 0. The van der Waals surface area contributed by atoms with Crippen LogP contribution in [0.3, 0.4) is 0 Å². The predicted octanol–water partition coefficient (Wildman–Crippen LogP) is 7.94. The molecule has 0 N–H and O–H groups in total. The Morgan fingerprint density at radius 2 is 0.929 bits per heavy atom. The minimum absolute atomic E-state index is 1.27. The van der Waals surface area contributed by atoms with Crippen LogP contribution in [0.4, 0.5) is 0 Å². The molecule has 0 heterocycles. The standard InChI is InChI=1S/C28H22/c1-19-9-3-4-10-23(19)21-15-17-22(18-16-21)28-20(2)24-11-5-6-12-25(24)26-13-7-8-14-27(26)28/h3-18H,1-2H3. The van der Waals surface area contributed by atoms with Crippen molar-refractivity contribution in [2.75, 3.05) is 0 Å². The van der Waals surface area contributed by atoms with Gasteiger partial charge in [-0.15, -0.1) is 0 Å². The molecule has 0 aliphatic carbocycles. The van der Waals surface area contributed by atoms with E-state index in [-0.39, 0.29) is 0 Å². The molecule has 0 spiro atoms. The fraction of sp³-hybridized carbons (Fsp3) is 0.0714. The molecule has 0 amide bonds. The van der Waals surface area contributed by atoms with Gasteiger partial charge < -0.3 is 0 Å². The second kappa shape index (κ2) is 6.65. The Morgan fingerprint density at radius 3 is 1.61 bits per heavy atom. The van der Waals surface area contributed by atoms with E-state index in [1.54, 1.807) is 0 Å². The van der Waals surface area contributed by atoms with E-state index in [2.05, 4.69) is 111 Å². The van der Waals surface area contributed by atoms with Crippen molar-refractivity contribution in [2.45, 2.75) is 13.8 Å². The number of fused-ring (bicyclic) bond motifs is 3. The first-order chi connectivity index (χ1) is 13.7. The van der Waals surface area contributed by atoms with Crippen LogP contribution >= 0.6 is 0 Å². The molecule has 0 aromatic heterocycles. The van der Waals surface area contributed by atoms with Gasteiger partial charge in [0.25, 0.3) is 0 Å². The lowest BCUT2D eigenvalue weighted by Gasteiger charge is -2.16. The van der Waals surface area contributed by atoms with Gasteiger partial charge in [0.05, 0.1) is 0 Å². The minimum atomic E-state index is 1.27. The summed E-state index contributed by atoms with van der Waals surface area (Å²) in [5.41, 5.74) is 7.83. The van der Waals surface area contributed by atoms with Gasteiger partial charge in [0.2, 0.25) is 0 Å². The van der Waals surface area contributed by atoms with Gasteiger partial charge in [-0.1, -0.05) is 97.1 Å². The monoisotopic (exact) mass is 358 g/mol. The molecule has 0 aliphatic rings. The Morgan fingerprint density at radius 1 is 0.429 bits per heavy atom. The summed E-state index contributed by atoms with van der Waals surface area (Å²) in [4.78, 5) is 0. The highest BCUT2D eigenvalue weighted by Crippen LogP contribution is 2.39. The molecule has 0 saturated carbocycles. The summed E-state index contributed by atoms with van der Waals surface area (Å²) >= 11 is 0. The van der Waals surface area contributed by atoms with Crippen LogP contribution in [0.2, 0.25) is 0 Å². The Labute approximate surface area is 166 Å². The average Bonchev–Trinajstić information content (AvgIpc) is 2.75. The minimum Gasteiger partial charge on any atom is -0.0620 e. The third-order valence-corrected chi connectivity index (χ3v) is 5.82. The van der Waals surface area contributed by atoms with Crippen molar-refractivity contribution in [3.8, 4) is 22.3 Å². The van der Waals surface area contributed by atoms with Crippen molar-refractivity contribution in [1.29, 1.82) is 0 Å². The molecule has 5 aromatic carbocycles. The van der Waals surface area contributed by atoms with E-state index >= 15 is 0 Å². The first kappa shape index (κ1) is 16.8. The van der Waals surface area contributed by atoms with E-state index in [0.717, 1.165) is 0 Å². The third-order valence-electron chi connectivity index (χ3n) is 5.82. The molecule has 0 fully saturated rings. The highest BCUT2D eigenvalue weighted by atomic mass is 14.2. The van der Waals surface area contributed by atoms with Crippen LogP contribution in [-0.2, 0) is 0 Å². The van der Waals surface area contributed by atoms with E-state index < -0.39 is 0 Å². The Balaban J connectivity index is 1.75. The van der Waals surface area contributed by atoms with Crippen molar-refractivity contribution in [3.63, 3.8) is 0 Å². The molecule has 28 heavy (non-hydrogen) atoms. The zero-order valence-electron chi connectivity index (χ0n) is 16.2. The third kappa shape index (κ3) is 2.61. The van der Waals surface area contributed by atoms with E-state index in [9.17, 15) is 0 Å². The molecule has 0 saturated heterocycles. The first-order valence-corrected chi connectivity index (χ1v) is 9.80. The van der Waals surface area contributed by atoms with Gasteiger partial charge in [0.1, 0.15) is 0 Å². The molecular formula is C28H22. The van der Waals surface area contributed by atoms with Crippen LogP contribution in [0.1, 0.15) is 11.1 Å². The van der Waals surface area contributed by atoms with E-state index in [1.165, 1.54) is 54.9 Å². The topological polar surface area (TPSA) is 0 Å². The molecule has 0 unspecified atom stereocenters. The summed E-state index contributed by atoms with van der Waals surface area (Å²) in [5, 5.41) is 5.30. The molecule has 0 atom stereocenters. The molecule has 0 bridgehead atoms. The van der Waals surface area contributed by atoms with E-state index in [1.807, 2.05) is 0 Å². The summed E-state index contributed by atoms with van der Waals surface area (Å²) < 4.78 is 0. The van der Waals surface area contributed by atoms with Gasteiger partial charge in [-0.05, 0) is 68.8 Å². The quantitative estimate of drug-likeness (QED) is 0.281. The van der Waals surface area contributed by atoms with Gasteiger partial charge >= 0.3 is 0 Å². The van der Waals surface area contributed by atoms with Crippen LogP contribution in [0.5, 0.6) is 0 Å². The molecule has 5 rings (SSSR count). The lowest BCUT2D eigenvalue weighted by atomic mass is 9.88. The van der Waals surface area contributed by atoms with Crippen LogP contribution in [-0.4, -0.2) is 0 Å². The van der Waals surface area contributed by atoms with Crippen LogP contribution in [0, 0.1) is 13.8 Å². The zero-order chi connectivity index (χ0) is 19.1. The van der Waals surface area contributed by atoms with Gasteiger partial charge in [-0.25, -0.2) is 0 Å². The lowest BCUT2D eigenvalue weighted by molar-refractivity contribution is 1.46. The number of aryl methyl sites for hydroxylation is 2. The SMILES string of the molecule is Cc1ccccc1-c1ccc(-c2c(C)c3ccccc3c3ccccc23)cc1. The van der Waals surface area contributed by atoms with Gasteiger partial charge in [-0.3, -0.25) is 0 Å². The van der Waals surface area contributed by atoms with Crippen molar-refractivity contribution in [3.05, 3.63) is 108 Å². The maximum absolute atomic E-state index is 2.27. The Kier molecular flexibility index (Phi) is 3.98. The average molecular weight is 358 g/mol. The van der Waals surface area contributed by atoms with Crippen LogP contribution in [0.25, 0.3) is 43.8 Å².